The zero-order valence-corrected chi connectivity index (χ0v) is 9.02. The summed E-state index contributed by atoms with van der Waals surface area (Å²) in [6, 6.07) is 4.34. The monoisotopic (exact) mass is 221 g/mol. The largest absolute Gasteiger partial charge is 0.465 e. The third-order valence-electron chi connectivity index (χ3n) is 1.94. The number of hydrogen-bond acceptors (Lipinski definition) is 5. The van der Waals surface area contributed by atoms with Gasteiger partial charge in [0.15, 0.2) is 0 Å². The van der Waals surface area contributed by atoms with Gasteiger partial charge >= 0.3 is 11.9 Å². The number of aliphatic imine (C=N–C) groups is 1. The van der Waals surface area contributed by atoms with Crippen LogP contribution in [0, 0.1) is 0 Å². The molecule has 0 bridgehead atoms. The molecule has 0 saturated heterocycles. The molecule has 0 amide bonds. The first-order valence-corrected chi connectivity index (χ1v) is 4.40. The average Bonchev–Trinajstić information content (AvgIpc) is 2.35. The SMILES string of the molecule is C=Nc1cc(C(=O)OC)cc(C(=O)OC)c1. The molecular weight excluding hydrogens is 210 g/mol. The van der Waals surface area contributed by atoms with Crippen molar-refractivity contribution in [2.24, 2.45) is 4.99 Å². The van der Waals surface area contributed by atoms with Crippen LogP contribution in [-0.4, -0.2) is 32.9 Å². The zero-order chi connectivity index (χ0) is 12.1. The third kappa shape index (κ3) is 2.44. The molecule has 1 rings (SSSR count). The van der Waals surface area contributed by atoms with Crippen molar-refractivity contribution in [3.05, 3.63) is 29.3 Å². The predicted molar refractivity (Wildman–Crippen MR) is 58.3 cm³/mol. The van der Waals surface area contributed by atoms with E-state index in [1.54, 1.807) is 0 Å². The molecular formula is C11H11NO4. The van der Waals surface area contributed by atoms with Gasteiger partial charge in [0.05, 0.1) is 31.0 Å². The quantitative estimate of drug-likeness (QED) is 0.574. The number of nitrogens with zero attached hydrogens (tertiary/aromatic N) is 1. The second kappa shape index (κ2) is 5.06. The zero-order valence-electron chi connectivity index (χ0n) is 9.02. The molecule has 5 heteroatoms. The maximum Gasteiger partial charge on any atom is 0.337 e. The number of carbonyl (C=O) groups is 2. The molecule has 0 aliphatic heterocycles. The lowest BCUT2D eigenvalue weighted by molar-refractivity contribution is 0.0599. The Balaban J connectivity index is 3.26. The van der Waals surface area contributed by atoms with E-state index in [1.165, 1.54) is 32.4 Å². The van der Waals surface area contributed by atoms with E-state index >= 15 is 0 Å². The van der Waals surface area contributed by atoms with Crippen LogP contribution >= 0.6 is 0 Å². The normalized spacial score (nSPS) is 9.38. The summed E-state index contributed by atoms with van der Waals surface area (Å²) < 4.78 is 9.10. The van der Waals surface area contributed by atoms with Crippen molar-refractivity contribution in [1.82, 2.24) is 0 Å². The Kier molecular flexibility index (Phi) is 3.77. The predicted octanol–water partition coefficient (Wildman–Crippen LogP) is 1.59. The van der Waals surface area contributed by atoms with Crippen molar-refractivity contribution >= 4 is 24.3 Å². The molecule has 0 heterocycles. The number of methoxy groups -OCH3 is 2. The standard InChI is InChI=1S/C11H11NO4/c1-12-9-5-7(10(13)15-2)4-8(6-9)11(14)16-3/h4-6H,1H2,2-3H3. The Labute approximate surface area is 92.7 Å². The Morgan fingerprint density at radius 3 is 1.81 bits per heavy atom. The van der Waals surface area contributed by atoms with E-state index in [0.717, 1.165) is 0 Å². The molecule has 0 atom stereocenters. The molecule has 5 nitrogen and oxygen atoms in total. The maximum atomic E-state index is 11.3. The van der Waals surface area contributed by atoms with Gasteiger partial charge in [0.25, 0.3) is 0 Å². The van der Waals surface area contributed by atoms with Crippen LogP contribution in [0.15, 0.2) is 23.2 Å². The lowest BCUT2D eigenvalue weighted by Gasteiger charge is -2.04. The van der Waals surface area contributed by atoms with Crippen molar-refractivity contribution < 1.29 is 19.1 Å². The number of hydrogen-bond donors (Lipinski definition) is 0. The molecule has 0 fully saturated rings. The molecule has 0 unspecified atom stereocenters. The van der Waals surface area contributed by atoms with Gasteiger partial charge in [-0.2, -0.15) is 0 Å². The van der Waals surface area contributed by atoms with E-state index in [9.17, 15) is 9.59 Å². The molecule has 0 saturated carbocycles. The fourth-order valence-electron chi connectivity index (χ4n) is 1.17. The lowest BCUT2D eigenvalue weighted by Crippen LogP contribution is -2.06. The van der Waals surface area contributed by atoms with Gasteiger partial charge in [-0.1, -0.05) is 0 Å². The highest BCUT2D eigenvalue weighted by Gasteiger charge is 2.13. The number of rotatable bonds is 3. The number of carbonyl (C=O) groups excluding carboxylic acids is 2. The fraction of sp³-hybridized carbons (Fsp3) is 0.182. The van der Waals surface area contributed by atoms with Crippen LogP contribution in [-0.2, 0) is 9.47 Å². The van der Waals surface area contributed by atoms with Gasteiger partial charge in [-0.25, -0.2) is 9.59 Å². The highest BCUT2D eigenvalue weighted by atomic mass is 16.5. The fourth-order valence-corrected chi connectivity index (χ4v) is 1.17. The summed E-state index contributed by atoms with van der Waals surface area (Å²) in [4.78, 5) is 26.3. The summed E-state index contributed by atoms with van der Waals surface area (Å²) in [5, 5.41) is 0. The van der Waals surface area contributed by atoms with E-state index in [1.807, 2.05) is 0 Å². The van der Waals surface area contributed by atoms with Gasteiger partial charge in [0, 0.05) is 0 Å². The van der Waals surface area contributed by atoms with Crippen molar-refractivity contribution in [3.63, 3.8) is 0 Å². The van der Waals surface area contributed by atoms with Gasteiger partial charge in [-0.3, -0.25) is 4.99 Å². The van der Waals surface area contributed by atoms with E-state index in [-0.39, 0.29) is 11.1 Å². The van der Waals surface area contributed by atoms with E-state index in [0.29, 0.717) is 5.69 Å². The summed E-state index contributed by atoms with van der Waals surface area (Å²) in [6.07, 6.45) is 0. The molecule has 84 valence electrons. The van der Waals surface area contributed by atoms with Crippen LogP contribution in [0.1, 0.15) is 20.7 Å². The minimum absolute atomic E-state index is 0.229. The third-order valence-corrected chi connectivity index (χ3v) is 1.94. The van der Waals surface area contributed by atoms with Gasteiger partial charge in [0.2, 0.25) is 0 Å². The molecule has 0 N–H and O–H groups in total. The van der Waals surface area contributed by atoms with Gasteiger partial charge in [-0.15, -0.1) is 0 Å². The highest BCUT2D eigenvalue weighted by molar-refractivity contribution is 5.96. The molecule has 0 radical (unpaired) electrons. The Morgan fingerprint density at radius 2 is 1.50 bits per heavy atom. The van der Waals surface area contributed by atoms with Crippen LogP contribution in [0.5, 0.6) is 0 Å². The molecule has 1 aromatic carbocycles. The summed E-state index contributed by atoms with van der Waals surface area (Å²) >= 11 is 0. The number of benzene rings is 1. The van der Waals surface area contributed by atoms with Crippen LogP contribution in [0.3, 0.4) is 0 Å². The minimum Gasteiger partial charge on any atom is -0.465 e. The molecule has 16 heavy (non-hydrogen) atoms. The van der Waals surface area contributed by atoms with E-state index in [2.05, 4.69) is 21.2 Å². The van der Waals surface area contributed by atoms with Gasteiger partial charge in [0.1, 0.15) is 0 Å². The Morgan fingerprint density at radius 1 is 1.06 bits per heavy atom. The van der Waals surface area contributed by atoms with Crippen molar-refractivity contribution in [2.45, 2.75) is 0 Å². The van der Waals surface area contributed by atoms with Gasteiger partial charge < -0.3 is 9.47 Å². The second-order valence-electron chi connectivity index (χ2n) is 2.91. The van der Waals surface area contributed by atoms with Crippen LogP contribution in [0.4, 0.5) is 5.69 Å². The Hall–Kier alpha value is -2.17. The first-order valence-electron chi connectivity index (χ1n) is 4.40. The molecule has 0 spiro atoms. The summed E-state index contributed by atoms with van der Waals surface area (Å²) in [5.41, 5.74) is 0.865. The number of ether oxygens (including phenoxy) is 2. The van der Waals surface area contributed by atoms with E-state index < -0.39 is 11.9 Å². The van der Waals surface area contributed by atoms with Crippen LogP contribution in [0.2, 0.25) is 0 Å². The number of esters is 2. The van der Waals surface area contributed by atoms with Crippen LogP contribution < -0.4 is 0 Å². The van der Waals surface area contributed by atoms with Crippen LogP contribution in [0.25, 0.3) is 0 Å². The van der Waals surface area contributed by atoms with E-state index in [4.69, 9.17) is 0 Å². The van der Waals surface area contributed by atoms with Crippen molar-refractivity contribution in [3.8, 4) is 0 Å². The molecule has 1 aromatic rings. The summed E-state index contributed by atoms with van der Waals surface area (Å²) in [5.74, 6) is -1.09. The summed E-state index contributed by atoms with van der Waals surface area (Å²) in [6.45, 7) is 3.33. The topological polar surface area (TPSA) is 65.0 Å². The molecule has 0 aliphatic rings. The molecule has 0 aromatic heterocycles. The Bertz CT molecular complexity index is 405. The molecule has 0 aliphatic carbocycles. The second-order valence-corrected chi connectivity index (χ2v) is 2.91. The smallest absolute Gasteiger partial charge is 0.337 e. The average molecular weight is 221 g/mol. The lowest BCUT2D eigenvalue weighted by atomic mass is 10.1. The maximum absolute atomic E-state index is 11.3. The van der Waals surface area contributed by atoms with Gasteiger partial charge in [-0.05, 0) is 24.9 Å². The summed E-state index contributed by atoms with van der Waals surface area (Å²) in [7, 11) is 2.52. The first-order chi connectivity index (χ1) is 7.62. The first kappa shape index (κ1) is 11.9. The van der Waals surface area contributed by atoms with Crippen molar-refractivity contribution in [1.29, 1.82) is 0 Å². The minimum atomic E-state index is -0.546. The van der Waals surface area contributed by atoms with Crippen molar-refractivity contribution in [2.75, 3.05) is 14.2 Å². The highest BCUT2D eigenvalue weighted by Crippen LogP contribution is 2.18.